The minimum absolute atomic E-state index is 0.437. The zero-order chi connectivity index (χ0) is 14.5. The van der Waals surface area contributed by atoms with E-state index in [-0.39, 0.29) is 0 Å². The van der Waals surface area contributed by atoms with Gasteiger partial charge in [0.2, 0.25) is 0 Å². The normalized spacial score (nSPS) is 17.0. The van der Waals surface area contributed by atoms with Crippen molar-refractivity contribution < 1.29 is 0 Å². The standard InChI is InChI=1S/C19H24N2/c20-14-19(16-6-2-1-3-7-16)15-21-12-10-17-8-4-5-9-18(17)11-13-21/h1-9,19H,10-15,20H2. The van der Waals surface area contributed by atoms with Crippen LogP contribution in [0.4, 0.5) is 0 Å². The Morgan fingerprint density at radius 3 is 2.00 bits per heavy atom. The van der Waals surface area contributed by atoms with Gasteiger partial charge in [0.05, 0.1) is 0 Å². The third kappa shape index (κ3) is 3.52. The average Bonchev–Trinajstić information content (AvgIpc) is 2.76. The quantitative estimate of drug-likeness (QED) is 0.933. The Hall–Kier alpha value is -1.64. The molecular formula is C19H24N2. The third-order valence-electron chi connectivity index (χ3n) is 4.55. The van der Waals surface area contributed by atoms with E-state index >= 15 is 0 Å². The molecule has 0 radical (unpaired) electrons. The van der Waals surface area contributed by atoms with Gasteiger partial charge in [0.15, 0.2) is 0 Å². The SMILES string of the molecule is NCC(CN1CCc2ccccc2CC1)c1ccccc1. The molecule has 1 aliphatic rings. The second-order valence-electron chi connectivity index (χ2n) is 5.91. The van der Waals surface area contributed by atoms with Crippen molar-refractivity contribution in [3.63, 3.8) is 0 Å². The minimum Gasteiger partial charge on any atom is -0.330 e. The summed E-state index contributed by atoms with van der Waals surface area (Å²) in [5, 5.41) is 0. The molecule has 110 valence electrons. The van der Waals surface area contributed by atoms with Gasteiger partial charge in [-0.2, -0.15) is 0 Å². The van der Waals surface area contributed by atoms with Crippen molar-refractivity contribution >= 4 is 0 Å². The molecule has 0 bridgehead atoms. The monoisotopic (exact) mass is 280 g/mol. The lowest BCUT2D eigenvalue weighted by atomic mass is 9.98. The fraction of sp³-hybridized carbons (Fsp3) is 0.368. The van der Waals surface area contributed by atoms with Crippen LogP contribution in [0.15, 0.2) is 54.6 Å². The van der Waals surface area contributed by atoms with Crippen molar-refractivity contribution in [2.75, 3.05) is 26.2 Å². The smallest absolute Gasteiger partial charge is 0.00888 e. The number of nitrogens with two attached hydrogens (primary N) is 1. The van der Waals surface area contributed by atoms with Crippen LogP contribution in [0.2, 0.25) is 0 Å². The van der Waals surface area contributed by atoms with Crippen molar-refractivity contribution in [2.24, 2.45) is 5.73 Å². The summed E-state index contributed by atoms with van der Waals surface area (Å²) in [4.78, 5) is 2.57. The Labute approximate surface area is 127 Å². The molecule has 0 fully saturated rings. The van der Waals surface area contributed by atoms with Crippen molar-refractivity contribution in [3.05, 3.63) is 71.3 Å². The van der Waals surface area contributed by atoms with Crippen LogP contribution in [0.3, 0.4) is 0 Å². The summed E-state index contributed by atoms with van der Waals surface area (Å²) in [6.45, 7) is 4.06. The van der Waals surface area contributed by atoms with Gasteiger partial charge in [0.25, 0.3) is 0 Å². The van der Waals surface area contributed by atoms with Crippen LogP contribution in [-0.2, 0) is 12.8 Å². The first-order valence-corrected chi connectivity index (χ1v) is 7.91. The molecule has 1 aliphatic heterocycles. The number of hydrogen-bond donors (Lipinski definition) is 1. The van der Waals surface area contributed by atoms with E-state index in [1.165, 1.54) is 16.7 Å². The lowest BCUT2D eigenvalue weighted by molar-refractivity contribution is 0.269. The Balaban J connectivity index is 1.66. The molecule has 2 heteroatoms. The first-order valence-electron chi connectivity index (χ1n) is 7.91. The number of rotatable bonds is 4. The Morgan fingerprint density at radius 2 is 1.43 bits per heavy atom. The number of benzene rings is 2. The maximum absolute atomic E-state index is 6.02. The molecule has 0 saturated carbocycles. The topological polar surface area (TPSA) is 29.3 Å². The Bertz CT molecular complexity index is 538. The molecule has 2 N–H and O–H groups in total. The maximum atomic E-state index is 6.02. The molecule has 0 aliphatic carbocycles. The summed E-state index contributed by atoms with van der Waals surface area (Å²) >= 11 is 0. The minimum atomic E-state index is 0.437. The predicted molar refractivity (Wildman–Crippen MR) is 88.5 cm³/mol. The van der Waals surface area contributed by atoms with E-state index < -0.39 is 0 Å². The van der Waals surface area contributed by atoms with Crippen LogP contribution >= 0.6 is 0 Å². The van der Waals surface area contributed by atoms with Gasteiger partial charge in [-0.25, -0.2) is 0 Å². The Morgan fingerprint density at radius 1 is 0.857 bits per heavy atom. The van der Waals surface area contributed by atoms with Gasteiger partial charge in [-0.3, -0.25) is 0 Å². The molecule has 1 atom stereocenters. The van der Waals surface area contributed by atoms with Gasteiger partial charge in [0.1, 0.15) is 0 Å². The zero-order valence-electron chi connectivity index (χ0n) is 12.5. The highest BCUT2D eigenvalue weighted by Gasteiger charge is 2.18. The largest absolute Gasteiger partial charge is 0.330 e. The molecular weight excluding hydrogens is 256 g/mol. The van der Waals surface area contributed by atoms with Crippen molar-refractivity contribution in [2.45, 2.75) is 18.8 Å². The Kier molecular flexibility index (Phi) is 4.69. The summed E-state index contributed by atoms with van der Waals surface area (Å²) in [6, 6.07) is 19.5. The molecule has 3 rings (SSSR count). The summed E-state index contributed by atoms with van der Waals surface area (Å²) < 4.78 is 0. The van der Waals surface area contributed by atoms with Crippen molar-refractivity contribution in [1.82, 2.24) is 4.90 Å². The fourth-order valence-corrected chi connectivity index (χ4v) is 3.25. The molecule has 2 aromatic rings. The third-order valence-corrected chi connectivity index (χ3v) is 4.55. The van der Waals surface area contributed by atoms with Gasteiger partial charge in [0, 0.05) is 32.1 Å². The highest BCUT2D eigenvalue weighted by Crippen LogP contribution is 2.20. The molecule has 1 unspecified atom stereocenters. The van der Waals surface area contributed by atoms with Crippen LogP contribution in [0.25, 0.3) is 0 Å². The van der Waals surface area contributed by atoms with Crippen LogP contribution in [-0.4, -0.2) is 31.1 Å². The fourth-order valence-electron chi connectivity index (χ4n) is 3.25. The lowest BCUT2D eigenvalue weighted by Crippen LogP contribution is -2.33. The van der Waals surface area contributed by atoms with Crippen molar-refractivity contribution in [1.29, 1.82) is 0 Å². The zero-order valence-corrected chi connectivity index (χ0v) is 12.5. The maximum Gasteiger partial charge on any atom is 0.00888 e. The molecule has 2 nitrogen and oxygen atoms in total. The average molecular weight is 280 g/mol. The second kappa shape index (κ2) is 6.88. The van der Waals surface area contributed by atoms with E-state index in [2.05, 4.69) is 59.5 Å². The van der Waals surface area contributed by atoms with E-state index in [4.69, 9.17) is 5.73 Å². The summed E-state index contributed by atoms with van der Waals surface area (Å²) in [6.07, 6.45) is 2.31. The predicted octanol–water partition coefficient (Wildman–Crippen LogP) is 2.83. The van der Waals surface area contributed by atoms with Crippen LogP contribution < -0.4 is 5.73 Å². The molecule has 1 heterocycles. The van der Waals surface area contributed by atoms with E-state index in [0.29, 0.717) is 12.5 Å². The molecule has 0 amide bonds. The highest BCUT2D eigenvalue weighted by molar-refractivity contribution is 5.28. The van der Waals surface area contributed by atoms with Crippen LogP contribution in [0, 0.1) is 0 Å². The van der Waals surface area contributed by atoms with E-state index in [1.807, 2.05) is 0 Å². The van der Waals surface area contributed by atoms with Gasteiger partial charge in [-0.1, -0.05) is 54.6 Å². The lowest BCUT2D eigenvalue weighted by Gasteiger charge is -2.25. The first-order chi connectivity index (χ1) is 10.4. The molecule has 21 heavy (non-hydrogen) atoms. The second-order valence-corrected chi connectivity index (χ2v) is 5.91. The van der Waals surface area contributed by atoms with Gasteiger partial charge >= 0.3 is 0 Å². The van der Waals surface area contributed by atoms with E-state index in [9.17, 15) is 0 Å². The highest BCUT2D eigenvalue weighted by atomic mass is 15.1. The first kappa shape index (κ1) is 14.3. The van der Waals surface area contributed by atoms with E-state index in [0.717, 1.165) is 32.5 Å². The van der Waals surface area contributed by atoms with E-state index in [1.54, 1.807) is 0 Å². The summed E-state index contributed by atoms with van der Waals surface area (Å²) in [5.41, 5.74) is 10.4. The number of nitrogens with zero attached hydrogens (tertiary/aromatic N) is 1. The van der Waals surface area contributed by atoms with Crippen molar-refractivity contribution in [3.8, 4) is 0 Å². The number of hydrogen-bond acceptors (Lipinski definition) is 2. The molecule has 2 aromatic carbocycles. The molecule has 0 saturated heterocycles. The van der Waals surface area contributed by atoms with Crippen LogP contribution in [0.5, 0.6) is 0 Å². The van der Waals surface area contributed by atoms with Gasteiger partial charge in [-0.05, 0) is 29.5 Å². The number of fused-ring (bicyclic) bond motifs is 1. The molecule has 0 spiro atoms. The van der Waals surface area contributed by atoms with Crippen LogP contribution in [0.1, 0.15) is 22.6 Å². The summed E-state index contributed by atoms with van der Waals surface area (Å²) in [7, 11) is 0. The van der Waals surface area contributed by atoms with Gasteiger partial charge in [-0.15, -0.1) is 0 Å². The van der Waals surface area contributed by atoms with Gasteiger partial charge < -0.3 is 10.6 Å². The molecule has 0 aromatic heterocycles. The summed E-state index contributed by atoms with van der Waals surface area (Å²) in [5.74, 6) is 0.437.